The highest BCUT2D eigenvalue weighted by atomic mass is 35.5. The molecule has 3 rings (SSSR count). The molecule has 0 bridgehead atoms. The Balaban J connectivity index is 1.45. The van der Waals surface area contributed by atoms with Crippen LogP contribution in [0.2, 0.25) is 5.02 Å². The predicted molar refractivity (Wildman–Crippen MR) is 102 cm³/mol. The lowest BCUT2D eigenvalue weighted by Gasteiger charge is -2.16. The second-order valence-electron chi connectivity index (χ2n) is 6.24. The van der Waals surface area contributed by atoms with Gasteiger partial charge in [-0.1, -0.05) is 48.0 Å². The quantitative estimate of drug-likeness (QED) is 0.587. The molecule has 2 aromatic carbocycles. The van der Waals surface area contributed by atoms with Crippen LogP contribution < -0.4 is 26.4 Å². The van der Waals surface area contributed by atoms with Crippen LogP contribution in [0, 0.1) is 0 Å². The van der Waals surface area contributed by atoms with Crippen molar-refractivity contribution < 1.29 is 14.3 Å². The van der Waals surface area contributed by atoms with E-state index in [0.29, 0.717) is 17.2 Å². The Hall–Kier alpha value is -2.61. The van der Waals surface area contributed by atoms with Crippen LogP contribution in [-0.2, 0) is 9.59 Å². The first kappa shape index (κ1) is 19.2. The van der Waals surface area contributed by atoms with E-state index >= 15 is 0 Å². The third-order valence-electron chi connectivity index (χ3n) is 4.21. The van der Waals surface area contributed by atoms with Gasteiger partial charge in [0.2, 0.25) is 0 Å². The summed E-state index contributed by atoms with van der Waals surface area (Å²) in [5.41, 5.74) is 11.9. The summed E-state index contributed by atoms with van der Waals surface area (Å²) in [6, 6.07) is 16.2. The van der Waals surface area contributed by atoms with E-state index in [2.05, 4.69) is 21.7 Å². The topological polar surface area (TPSA) is 91.5 Å². The Morgan fingerprint density at radius 3 is 2.63 bits per heavy atom. The molecule has 0 saturated carbocycles. The third kappa shape index (κ3) is 5.19. The van der Waals surface area contributed by atoms with E-state index in [9.17, 15) is 9.59 Å². The van der Waals surface area contributed by atoms with Crippen molar-refractivity contribution in [2.45, 2.75) is 31.5 Å². The van der Waals surface area contributed by atoms with Crippen molar-refractivity contribution in [1.82, 2.24) is 21.7 Å². The maximum atomic E-state index is 12.3. The number of hydrazine groups is 2. The first-order chi connectivity index (χ1) is 13.0. The Kier molecular flexibility index (Phi) is 6.28. The maximum absolute atomic E-state index is 12.3. The monoisotopic (exact) mass is 388 g/mol. The molecule has 8 heteroatoms. The van der Waals surface area contributed by atoms with Crippen molar-refractivity contribution in [3.63, 3.8) is 0 Å². The Bertz CT molecular complexity index is 803. The molecule has 2 amide bonds. The van der Waals surface area contributed by atoms with Crippen molar-refractivity contribution in [3.05, 3.63) is 65.2 Å². The molecule has 0 radical (unpaired) electrons. The van der Waals surface area contributed by atoms with E-state index in [-0.39, 0.29) is 11.9 Å². The molecule has 0 aromatic heterocycles. The molecule has 3 unspecified atom stereocenters. The number of carbonyl (C=O) groups is 2. The van der Waals surface area contributed by atoms with Crippen LogP contribution in [0.1, 0.15) is 24.9 Å². The maximum Gasteiger partial charge on any atom is 0.279 e. The van der Waals surface area contributed by atoms with Crippen molar-refractivity contribution in [2.75, 3.05) is 0 Å². The highest BCUT2D eigenvalue weighted by Gasteiger charge is 2.30. The fourth-order valence-corrected chi connectivity index (χ4v) is 2.92. The van der Waals surface area contributed by atoms with Gasteiger partial charge in [-0.3, -0.25) is 20.4 Å². The van der Waals surface area contributed by atoms with Crippen LogP contribution >= 0.6 is 11.6 Å². The molecule has 2 aromatic rings. The summed E-state index contributed by atoms with van der Waals surface area (Å²) in [7, 11) is 0. The zero-order chi connectivity index (χ0) is 19.2. The standard InChI is InChI=1S/C19H21ClN4O3/c1-12(27-15-9-5-8-14(20)10-15)18(25)23-24-19(26)17-11-16(21-22-17)13-6-3-2-4-7-13/h2-10,12,16-17,21-22H,11H2,1H3,(H,23,25)(H,24,26). The van der Waals surface area contributed by atoms with Gasteiger partial charge in [0.05, 0.1) is 0 Å². The minimum Gasteiger partial charge on any atom is -0.481 e. The molecular weight excluding hydrogens is 368 g/mol. The summed E-state index contributed by atoms with van der Waals surface area (Å²) in [6.07, 6.45) is -0.226. The summed E-state index contributed by atoms with van der Waals surface area (Å²) in [4.78, 5) is 24.4. The number of hydrogen-bond acceptors (Lipinski definition) is 5. The lowest BCUT2D eigenvalue weighted by atomic mass is 10.0. The number of halogens is 1. The van der Waals surface area contributed by atoms with Gasteiger partial charge in [-0.15, -0.1) is 0 Å². The predicted octanol–water partition coefficient (Wildman–Crippen LogP) is 1.86. The largest absolute Gasteiger partial charge is 0.481 e. The SMILES string of the molecule is CC(Oc1cccc(Cl)c1)C(=O)NNC(=O)C1CC(c2ccccc2)NN1. The number of benzene rings is 2. The minimum atomic E-state index is -0.796. The van der Waals surface area contributed by atoms with Crippen molar-refractivity contribution in [2.24, 2.45) is 0 Å². The summed E-state index contributed by atoms with van der Waals surface area (Å²) < 4.78 is 5.51. The van der Waals surface area contributed by atoms with Gasteiger partial charge in [-0.25, -0.2) is 10.9 Å². The molecule has 1 heterocycles. The number of hydrogen-bond donors (Lipinski definition) is 4. The number of rotatable bonds is 5. The normalized spacial score (nSPS) is 19.9. The van der Waals surface area contributed by atoms with E-state index in [1.807, 2.05) is 30.3 Å². The molecule has 1 fully saturated rings. The van der Waals surface area contributed by atoms with Gasteiger partial charge in [-0.2, -0.15) is 0 Å². The smallest absolute Gasteiger partial charge is 0.279 e. The molecule has 1 saturated heterocycles. The van der Waals surface area contributed by atoms with E-state index < -0.39 is 18.1 Å². The van der Waals surface area contributed by atoms with Crippen molar-refractivity contribution in [1.29, 1.82) is 0 Å². The number of carbonyl (C=O) groups excluding carboxylic acids is 2. The van der Waals surface area contributed by atoms with Gasteiger partial charge < -0.3 is 4.74 Å². The van der Waals surface area contributed by atoms with Gasteiger partial charge >= 0.3 is 0 Å². The molecule has 0 aliphatic carbocycles. The van der Waals surface area contributed by atoms with Crippen molar-refractivity contribution >= 4 is 23.4 Å². The number of nitrogens with one attached hydrogen (secondary N) is 4. The molecule has 142 valence electrons. The fraction of sp³-hybridized carbons (Fsp3) is 0.263. The fourth-order valence-electron chi connectivity index (χ4n) is 2.74. The van der Waals surface area contributed by atoms with E-state index in [1.54, 1.807) is 31.2 Å². The van der Waals surface area contributed by atoms with Crippen LogP contribution in [0.3, 0.4) is 0 Å². The lowest BCUT2D eigenvalue weighted by molar-refractivity contribution is -0.133. The van der Waals surface area contributed by atoms with E-state index in [1.165, 1.54) is 0 Å². The second-order valence-corrected chi connectivity index (χ2v) is 6.67. The van der Waals surface area contributed by atoms with E-state index in [0.717, 1.165) is 5.56 Å². The van der Waals surface area contributed by atoms with Crippen LogP contribution in [-0.4, -0.2) is 24.0 Å². The summed E-state index contributed by atoms with van der Waals surface area (Å²) in [5, 5.41) is 0.515. The summed E-state index contributed by atoms with van der Waals surface area (Å²) >= 11 is 5.89. The van der Waals surface area contributed by atoms with Gasteiger partial charge in [0.1, 0.15) is 11.8 Å². The molecule has 27 heavy (non-hydrogen) atoms. The van der Waals surface area contributed by atoms with Gasteiger partial charge in [-0.05, 0) is 37.1 Å². The molecule has 1 aliphatic rings. The number of amides is 2. The Morgan fingerprint density at radius 1 is 1.11 bits per heavy atom. The first-order valence-electron chi connectivity index (χ1n) is 8.61. The molecule has 3 atom stereocenters. The highest BCUT2D eigenvalue weighted by Crippen LogP contribution is 2.21. The summed E-state index contributed by atoms with van der Waals surface area (Å²) in [5.74, 6) is -0.318. The second kappa shape index (κ2) is 8.85. The van der Waals surface area contributed by atoms with Gasteiger partial charge in [0.25, 0.3) is 11.8 Å². The van der Waals surface area contributed by atoms with Crippen LogP contribution in [0.5, 0.6) is 5.75 Å². The first-order valence-corrected chi connectivity index (χ1v) is 8.98. The van der Waals surface area contributed by atoms with Gasteiger partial charge in [0, 0.05) is 11.1 Å². The van der Waals surface area contributed by atoms with Crippen LogP contribution in [0.15, 0.2) is 54.6 Å². The lowest BCUT2D eigenvalue weighted by Crippen LogP contribution is -2.52. The Labute approximate surface area is 162 Å². The average molecular weight is 389 g/mol. The highest BCUT2D eigenvalue weighted by molar-refractivity contribution is 6.30. The molecule has 7 nitrogen and oxygen atoms in total. The van der Waals surface area contributed by atoms with Crippen LogP contribution in [0.4, 0.5) is 0 Å². The zero-order valence-corrected chi connectivity index (χ0v) is 15.5. The number of ether oxygens (including phenoxy) is 1. The molecule has 4 N–H and O–H groups in total. The van der Waals surface area contributed by atoms with Crippen LogP contribution in [0.25, 0.3) is 0 Å². The molecular formula is C19H21ClN4O3. The molecule has 0 spiro atoms. The zero-order valence-electron chi connectivity index (χ0n) is 14.7. The average Bonchev–Trinajstić information content (AvgIpc) is 3.17. The Morgan fingerprint density at radius 2 is 1.89 bits per heavy atom. The van der Waals surface area contributed by atoms with Crippen molar-refractivity contribution in [3.8, 4) is 5.75 Å². The summed E-state index contributed by atoms with van der Waals surface area (Å²) in [6.45, 7) is 1.59. The van der Waals surface area contributed by atoms with E-state index in [4.69, 9.17) is 16.3 Å². The molecule has 1 aliphatic heterocycles. The van der Waals surface area contributed by atoms with Gasteiger partial charge in [0.15, 0.2) is 6.10 Å². The third-order valence-corrected chi connectivity index (χ3v) is 4.44. The minimum absolute atomic E-state index is 0.0303.